The molecular weight excluding hydrogens is 792 g/mol. The van der Waals surface area contributed by atoms with Crippen LogP contribution in [-0.2, 0) is 9.53 Å². The van der Waals surface area contributed by atoms with Crippen molar-refractivity contribution in [2.45, 2.75) is 82.8 Å². The molecule has 62 heavy (non-hydrogen) atoms. The molecule has 0 bridgehead atoms. The Morgan fingerprint density at radius 2 is 1.71 bits per heavy atom. The minimum atomic E-state index is -1.37. The van der Waals surface area contributed by atoms with Crippen LogP contribution >= 0.6 is 0 Å². The van der Waals surface area contributed by atoms with E-state index in [1.54, 1.807) is 28.0 Å². The summed E-state index contributed by atoms with van der Waals surface area (Å²) < 4.78 is 25.1. The molecule has 4 aliphatic rings. The summed E-state index contributed by atoms with van der Waals surface area (Å²) in [4.78, 5) is 50.5. The predicted molar refractivity (Wildman–Crippen MR) is 234 cm³/mol. The van der Waals surface area contributed by atoms with Crippen LogP contribution in [0.2, 0.25) is 0 Å². The number of rotatable bonds is 8. The van der Waals surface area contributed by atoms with Crippen LogP contribution in [0.3, 0.4) is 0 Å². The molecule has 3 atom stereocenters. The number of nitrogens with one attached hydrogen (secondary N) is 1. The second-order valence-corrected chi connectivity index (χ2v) is 17.3. The third-order valence-corrected chi connectivity index (χ3v) is 13.3. The molecule has 7 heterocycles. The quantitative estimate of drug-likeness (QED) is 0.163. The molecule has 4 saturated heterocycles. The summed E-state index contributed by atoms with van der Waals surface area (Å²) in [6.07, 6.45) is 4.13. The first-order valence-electron chi connectivity index (χ1n) is 21.6. The van der Waals surface area contributed by atoms with E-state index in [1.807, 2.05) is 68.6 Å². The molecule has 4 fully saturated rings. The van der Waals surface area contributed by atoms with Crippen molar-refractivity contribution < 1.29 is 28.6 Å². The number of aromatic nitrogens is 4. The second kappa shape index (κ2) is 16.6. The number of nitrogens with zero attached hydrogens (tertiary/aromatic N) is 8. The topological polar surface area (TPSA) is 175 Å². The Balaban J connectivity index is 0.783. The van der Waals surface area contributed by atoms with E-state index in [0.717, 1.165) is 48.2 Å². The average Bonchev–Trinajstić information content (AvgIpc) is 3.67. The van der Waals surface area contributed by atoms with Crippen LogP contribution in [0.25, 0.3) is 22.3 Å². The van der Waals surface area contributed by atoms with E-state index in [4.69, 9.17) is 15.5 Å². The number of fused-ring (bicyclic) bond motifs is 1. The van der Waals surface area contributed by atoms with Crippen LogP contribution in [0.1, 0.15) is 79.7 Å². The number of anilines is 3. The highest BCUT2D eigenvalue weighted by Crippen LogP contribution is 2.38. The standard InChI is InChI=1S/C46H53FN10O5/c1-28-37(56-21-15-41(59)50-45(56)61)24-33-12-20-55(43(33)49-28)34-13-18-53(19-14-34)27-46(47)16-22-54(23-17-46)44(60)32-10-8-31(9-11-32)40-26-57(29(2)30(3)62-40)38-25-36(51-52-42(38)48)35-6-4-5-7-39(35)58/h4-12,20,24-25,29-30,34,40,58H,13-19,21-23,26-27H2,1-3H3,(H2,48,52)(H,50,59,61)/t29-,30+,40+/m0/s1. The van der Waals surface area contributed by atoms with E-state index in [2.05, 4.69) is 36.8 Å². The van der Waals surface area contributed by atoms with Gasteiger partial charge in [0.25, 0.3) is 5.91 Å². The minimum Gasteiger partial charge on any atom is -0.507 e. The van der Waals surface area contributed by atoms with Gasteiger partial charge in [-0.05, 0) is 81.6 Å². The molecule has 4 amide bonds. The molecule has 9 rings (SSSR count). The van der Waals surface area contributed by atoms with E-state index in [1.165, 1.54) is 0 Å². The number of hydrogen-bond donors (Lipinski definition) is 3. The summed E-state index contributed by atoms with van der Waals surface area (Å²) in [6, 6.07) is 20.1. The summed E-state index contributed by atoms with van der Waals surface area (Å²) in [6.45, 7) is 9.36. The maximum Gasteiger partial charge on any atom is 0.328 e. The molecule has 0 saturated carbocycles. The highest BCUT2D eigenvalue weighted by atomic mass is 19.1. The number of aromatic hydroxyl groups is 1. The zero-order chi connectivity index (χ0) is 43.3. The lowest BCUT2D eigenvalue weighted by molar-refractivity contribution is -0.120. The Morgan fingerprint density at radius 3 is 2.44 bits per heavy atom. The Morgan fingerprint density at radius 1 is 0.968 bits per heavy atom. The summed E-state index contributed by atoms with van der Waals surface area (Å²) in [5, 5.41) is 22.2. The summed E-state index contributed by atoms with van der Waals surface area (Å²) in [5.74, 6) is 0.0147. The maximum absolute atomic E-state index is 16.4. The third kappa shape index (κ3) is 8.04. The van der Waals surface area contributed by atoms with Gasteiger partial charge in [-0.3, -0.25) is 19.8 Å². The number of imide groups is 1. The summed E-state index contributed by atoms with van der Waals surface area (Å²) >= 11 is 0. The van der Waals surface area contributed by atoms with E-state index in [9.17, 15) is 19.5 Å². The number of hydrogen-bond acceptors (Lipinski definition) is 11. The Labute approximate surface area is 359 Å². The van der Waals surface area contributed by atoms with Crippen LogP contribution in [0.4, 0.5) is 26.4 Å². The van der Waals surface area contributed by atoms with Gasteiger partial charge >= 0.3 is 6.03 Å². The largest absolute Gasteiger partial charge is 0.507 e. The number of carbonyl (C=O) groups excluding carboxylic acids is 3. The summed E-state index contributed by atoms with van der Waals surface area (Å²) in [7, 11) is 0. The minimum absolute atomic E-state index is 0.0269. The fourth-order valence-corrected chi connectivity index (χ4v) is 9.53. The number of likely N-dealkylation sites (tertiary alicyclic amines) is 2. The molecule has 2 aromatic carbocycles. The van der Waals surface area contributed by atoms with Gasteiger partial charge in [0.05, 0.1) is 34.9 Å². The molecule has 0 radical (unpaired) electrons. The van der Waals surface area contributed by atoms with Gasteiger partial charge in [0, 0.05) is 93.8 Å². The van der Waals surface area contributed by atoms with Crippen molar-refractivity contribution >= 4 is 46.1 Å². The number of pyridine rings is 1. The lowest BCUT2D eigenvalue weighted by Crippen LogP contribution is -2.51. The molecule has 324 valence electrons. The maximum atomic E-state index is 16.4. The molecular formula is C46H53FN10O5. The van der Waals surface area contributed by atoms with Gasteiger partial charge in [0.2, 0.25) is 5.91 Å². The van der Waals surface area contributed by atoms with Crippen molar-refractivity contribution in [3.05, 3.63) is 89.7 Å². The van der Waals surface area contributed by atoms with Crippen molar-refractivity contribution in [3.63, 3.8) is 0 Å². The average molecular weight is 845 g/mol. The van der Waals surface area contributed by atoms with Gasteiger partial charge in [0.15, 0.2) is 5.82 Å². The Hall–Kier alpha value is -6.13. The zero-order valence-corrected chi connectivity index (χ0v) is 35.3. The predicted octanol–water partition coefficient (Wildman–Crippen LogP) is 6.17. The van der Waals surface area contributed by atoms with Crippen molar-refractivity contribution in [2.24, 2.45) is 0 Å². The lowest BCUT2D eigenvalue weighted by atomic mass is 9.91. The number of nitrogen functional groups attached to an aromatic ring is 1. The Kier molecular flexibility index (Phi) is 11.1. The zero-order valence-electron chi connectivity index (χ0n) is 35.3. The fraction of sp³-hybridized carbons (Fsp3) is 0.435. The highest BCUT2D eigenvalue weighted by Gasteiger charge is 2.39. The van der Waals surface area contributed by atoms with E-state index < -0.39 is 11.7 Å². The monoisotopic (exact) mass is 844 g/mol. The molecule has 5 aromatic rings. The molecule has 0 unspecified atom stereocenters. The van der Waals surface area contributed by atoms with Crippen LogP contribution < -0.4 is 20.9 Å². The number of halogens is 1. The number of para-hydroxylation sites is 1. The molecule has 0 aliphatic carbocycles. The third-order valence-electron chi connectivity index (χ3n) is 13.3. The van der Waals surface area contributed by atoms with E-state index in [0.29, 0.717) is 60.9 Å². The molecule has 0 spiro atoms. The van der Waals surface area contributed by atoms with Gasteiger partial charge in [-0.15, -0.1) is 10.2 Å². The SMILES string of the molecule is Cc1nc2c(ccn2C2CCN(CC3(F)CCN(C(=O)c4ccc([C@H]5CN(c6cc(-c7ccccc7O)nnc6N)[C@@H](C)[C@@H](C)O5)cc4)CC3)CC2)cc1N1CCC(=O)NC1=O. The number of piperidine rings is 2. The number of carbonyl (C=O) groups is 3. The number of urea groups is 1. The Bertz CT molecular complexity index is 2500. The molecule has 4 N–H and O–H groups in total. The van der Waals surface area contributed by atoms with Gasteiger partial charge in [-0.1, -0.05) is 24.3 Å². The first kappa shape index (κ1) is 41.2. The smallest absolute Gasteiger partial charge is 0.328 e. The summed E-state index contributed by atoms with van der Waals surface area (Å²) in [5.41, 5.74) is 10.5. The van der Waals surface area contributed by atoms with Crippen LogP contribution in [-0.4, -0.2) is 116 Å². The van der Waals surface area contributed by atoms with Crippen LogP contribution in [0.15, 0.2) is 72.9 Å². The van der Waals surface area contributed by atoms with Crippen molar-refractivity contribution in [3.8, 4) is 17.0 Å². The van der Waals surface area contributed by atoms with Gasteiger partial charge in [0.1, 0.15) is 23.2 Å². The number of amides is 4. The second-order valence-electron chi connectivity index (χ2n) is 17.3. The highest BCUT2D eigenvalue weighted by molar-refractivity contribution is 6.06. The van der Waals surface area contributed by atoms with Crippen molar-refractivity contribution in [1.82, 2.24) is 34.9 Å². The van der Waals surface area contributed by atoms with Crippen LogP contribution in [0, 0.1) is 6.92 Å². The molecule has 16 heteroatoms. The van der Waals surface area contributed by atoms with Gasteiger partial charge in [-0.2, -0.15) is 0 Å². The number of benzene rings is 2. The number of phenols is 1. The van der Waals surface area contributed by atoms with Crippen LogP contribution in [0.5, 0.6) is 5.75 Å². The number of nitrogens with two attached hydrogens (primary N) is 1. The van der Waals surface area contributed by atoms with E-state index in [-0.39, 0.29) is 66.9 Å². The van der Waals surface area contributed by atoms with Gasteiger partial charge < -0.3 is 34.8 Å². The lowest BCUT2D eigenvalue weighted by Gasteiger charge is -2.44. The number of morpholine rings is 1. The van der Waals surface area contributed by atoms with E-state index >= 15 is 4.39 Å². The number of phenolic OH excluding ortho intramolecular Hbond substituents is 1. The normalized spacial score (nSPS) is 22.6. The molecule has 3 aromatic heterocycles. The first-order chi connectivity index (χ1) is 29.8. The number of aryl methyl sites for hydroxylation is 1. The number of alkyl halides is 1. The van der Waals surface area contributed by atoms with Crippen molar-refractivity contribution in [1.29, 1.82) is 0 Å². The molecule has 4 aliphatic heterocycles. The fourth-order valence-electron chi connectivity index (χ4n) is 9.53. The van der Waals surface area contributed by atoms with Gasteiger partial charge in [-0.25, -0.2) is 14.2 Å². The molecule has 15 nitrogen and oxygen atoms in total. The first-order valence-corrected chi connectivity index (χ1v) is 21.6. The number of ether oxygens (including phenoxy) is 1. The van der Waals surface area contributed by atoms with Crippen molar-refractivity contribution in [2.75, 3.05) is 61.3 Å².